The number of rotatable bonds is 5. The number of hydrogen-bond donors (Lipinski definition) is 2. The quantitative estimate of drug-likeness (QED) is 0.532. The van der Waals surface area contributed by atoms with E-state index >= 15 is 0 Å². The van der Waals surface area contributed by atoms with Gasteiger partial charge in [-0.05, 0) is 12.2 Å². The number of aromatic carboxylic acids is 1. The molecule has 12 heteroatoms. The van der Waals surface area contributed by atoms with Gasteiger partial charge in [0.2, 0.25) is 10.0 Å². The molecule has 0 bridgehead atoms. The number of anilines is 1. The Kier molecular flexibility index (Phi) is 6.18. The molecule has 0 aromatic carbocycles. The molecule has 1 aliphatic rings. The summed E-state index contributed by atoms with van der Waals surface area (Å²) in [6, 6.07) is 0. The molecule has 3 heterocycles. The number of aromatic nitrogens is 3. The Morgan fingerprint density at radius 3 is 2.57 bits per heavy atom. The average molecular weight is 442 g/mol. The number of pyridine rings is 1. The number of piperazine rings is 1. The summed E-state index contributed by atoms with van der Waals surface area (Å²) in [5.74, 6) is -0.662. The van der Waals surface area contributed by atoms with Gasteiger partial charge in [0, 0.05) is 37.9 Å². The highest BCUT2D eigenvalue weighted by Crippen LogP contribution is 2.22. The van der Waals surface area contributed by atoms with Crippen LogP contribution in [0.4, 0.5) is 5.82 Å². The predicted molar refractivity (Wildman–Crippen MR) is 109 cm³/mol. The number of sulfonamides is 1. The summed E-state index contributed by atoms with van der Waals surface area (Å²) in [4.78, 5) is 25.7. The van der Waals surface area contributed by atoms with E-state index in [1.807, 2.05) is 4.90 Å². The predicted octanol–water partition coefficient (Wildman–Crippen LogP) is 1.70. The lowest BCUT2D eigenvalue weighted by atomic mass is 10.2. The molecule has 3 rings (SSSR count). The number of hydrogen-bond acceptors (Lipinski definition) is 8. The van der Waals surface area contributed by atoms with Crippen LogP contribution in [0.25, 0.3) is 11.0 Å². The van der Waals surface area contributed by atoms with Crippen LogP contribution in [-0.4, -0.2) is 64.9 Å². The SMILES string of the molecule is O=C(O)c1cncc2ncc(N3CCN(S(=O)(=O)/C(S)=C/C=C/Cl)CC3)nc12. The van der Waals surface area contributed by atoms with Crippen LogP contribution in [0.2, 0.25) is 0 Å². The lowest BCUT2D eigenvalue weighted by molar-refractivity contribution is 0.0698. The van der Waals surface area contributed by atoms with Crippen molar-refractivity contribution >= 4 is 57.1 Å². The fraction of sp³-hybridized carbons (Fsp3) is 0.250. The van der Waals surface area contributed by atoms with Gasteiger partial charge in [0.25, 0.3) is 0 Å². The number of halogens is 1. The third kappa shape index (κ3) is 4.12. The summed E-state index contributed by atoms with van der Waals surface area (Å²) in [7, 11) is -3.69. The molecule has 0 atom stereocenters. The van der Waals surface area contributed by atoms with Crippen LogP contribution < -0.4 is 4.90 Å². The van der Waals surface area contributed by atoms with Crippen molar-refractivity contribution in [2.45, 2.75) is 0 Å². The first kappa shape index (κ1) is 20.5. The Balaban J connectivity index is 1.80. The summed E-state index contributed by atoms with van der Waals surface area (Å²) in [5.41, 5.74) is 1.78. The molecule has 2 aromatic heterocycles. The summed E-state index contributed by atoms with van der Waals surface area (Å²) in [6.45, 7) is 1.21. The molecule has 0 unspecified atom stereocenters. The van der Waals surface area contributed by atoms with Crippen LogP contribution in [0.15, 0.2) is 40.5 Å². The van der Waals surface area contributed by atoms with Gasteiger partial charge in [0.15, 0.2) is 0 Å². The minimum absolute atomic E-state index is 0.0368. The molecule has 1 N–H and O–H groups in total. The molecule has 2 aromatic rings. The maximum Gasteiger partial charge on any atom is 0.339 e. The van der Waals surface area contributed by atoms with Crippen molar-refractivity contribution in [2.75, 3.05) is 31.1 Å². The molecule has 1 fully saturated rings. The van der Waals surface area contributed by atoms with Crippen molar-refractivity contribution in [3.8, 4) is 0 Å². The van der Waals surface area contributed by atoms with E-state index in [-0.39, 0.29) is 28.4 Å². The maximum atomic E-state index is 12.5. The van der Waals surface area contributed by atoms with Crippen LogP contribution in [0.5, 0.6) is 0 Å². The normalized spacial score (nSPS) is 16.8. The largest absolute Gasteiger partial charge is 0.478 e. The molecular weight excluding hydrogens is 426 g/mol. The number of carboxylic acid groups (broad SMARTS) is 1. The van der Waals surface area contributed by atoms with Gasteiger partial charge in [-0.25, -0.2) is 23.2 Å². The zero-order chi connectivity index (χ0) is 20.3. The van der Waals surface area contributed by atoms with Gasteiger partial charge in [-0.15, -0.1) is 12.6 Å². The lowest BCUT2D eigenvalue weighted by Crippen LogP contribution is -2.49. The fourth-order valence-corrected chi connectivity index (χ4v) is 4.39. The molecular formula is C16H16ClN5O4S2. The van der Waals surface area contributed by atoms with Crippen molar-refractivity contribution in [3.05, 3.63) is 46.1 Å². The minimum atomic E-state index is -3.69. The fourth-order valence-electron chi connectivity index (χ4n) is 2.73. The van der Waals surface area contributed by atoms with Gasteiger partial charge in [-0.2, -0.15) is 4.31 Å². The van der Waals surface area contributed by atoms with E-state index in [1.165, 1.54) is 40.6 Å². The summed E-state index contributed by atoms with van der Waals surface area (Å²) < 4.78 is 26.3. The second kappa shape index (κ2) is 8.43. The van der Waals surface area contributed by atoms with Crippen molar-refractivity contribution in [1.82, 2.24) is 19.3 Å². The number of carboxylic acids is 1. The average Bonchev–Trinajstić information content (AvgIpc) is 2.71. The molecule has 0 saturated carbocycles. The number of carbonyl (C=O) groups is 1. The number of fused-ring (bicyclic) bond motifs is 1. The molecule has 9 nitrogen and oxygen atoms in total. The van der Waals surface area contributed by atoms with Crippen LogP contribution in [0.1, 0.15) is 10.4 Å². The molecule has 1 aliphatic heterocycles. The van der Waals surface area contributed by atoms with Gasteiger partial charge < -0.3 is 10.0 Å². The van der Waals surface area contributed by atoms with E-state index in [4.69, 9.17) is 11.6 Å². The highest BCUT2D eigenvalue weighted by Gasteiger charge is 2.29. The van der Waals surface area contributed by atoms with Crippen molar-refractivity contribution in [3.63, 3.8) is 0 Å². The first-order valence-corrected chi connectivity index (χ1v) is 10.4. The highest BCUT2D eigenvalue weighted by atomic mass is 35.5. The molecule has 28 heavy (non-hydrogen) atoms. The van der Waals surface area contributed by atoms with Crippen LogP contribution in [-0.2, 0) is 10.0 Å². The Hall–Kier alpha value is -2.21. The number of thiol groups is 1. The Labute approximate surface area is 171 Å². The number of allylic oxidation sites excluding steroid dienone is 2. The van der Waals surface area contributed by atoms with Gasteiger partial charge in [-0.3, -0.25) is 4.98 Å². The molecule has 1 saturated heterocycles. The van der Waals surface area contributed by atoms with E-state index in [0.29, 0.717) is 24.4 Å². The first-order chi connectivity index (χ1) is 13.3. The summed E-state index contributed by atoms with van der Waals surface area (Å²) in [5, 5.41) is 9.30. The van der Waals surface area contributed by atoms with Crippen LogP contribution >= 0.6 is 24.2 Å². The van der Waals surface area contributed by atoms with E-state index in [0.717, 1.165) is 0 Å². The minimum Gasteiger partial charge on any atom is -0.478 e. The van der Waals surface area contributed by atoms with Crippen LogP contribution in [0, 0.1) is 0 Å². The maximum absolute atomic E-state index is 12.5. The van der Waals surface area contributed by atoms with Gasteiger partial charge in [0.1, 0.15) is 26.7 Å². The molecule has 0 amide bonds. The van der Waals surface area contributed by atoms with E-state index in [9.17, 15) is 18.3 Å². The third-order valence-corrected chi connectivity index (χ3v) is 6.85. The Morgan fingerprint density at radius 1 is 1.21 bits per heavy atom. The number of nitrogens with zero attached hydrogens (tertiary/aromatic N) is 5. The van der Waals surface area contributed by atoms with Crippen molar-refractivity contribution < 1.29 is 18.3 Å². The summed E-state index contributed by atoms with van der Waals surface area (Å²) in [6.07, 6.45) is 6.89. The van der Waals surface area contributed by atoms with Crippen molar-refractivity contribution in [1.29, 1.82) is 0 Å². The highest BCUT2D eigenvalue weighted by molar-refractivity contribution is 8.09. The zero-order valence-electron chi connectivity index (χ0n) is 14.4. The zero-order valence-corrected chi connectivity index (χ0v) is 16.9. The monoisotopic (exact) mass is 441 g/mol. The standard InChI is InChI=1S/C16H16ClN5O4S2/c17-3-1-2-14(27)28(25,26)22-6-4-21(5-7-22)13-10-19-12-9-18-8-11(16(23)24)15(12)20-13/h1-3,8-10,27H,4-7H2,(H,23,24)/b3-1+,14-2+. The topological polar surface area (TPSA) is 117 Å². The van der Waals surface area contributed by atoms with Gasteiger partial charge in [0.05, 0.1) is 12.4 Å². The first-order valence-electron chi connectivity index (χ1n) is 8.09. The van der Waals surface area contributed by atoms with E-state index in [2.05, 4.69) is 27.6 Å². The van der Waals surface area contributed by atoms with Gasteiger partial charge in [-0.1, -0.05) is 11.6 Å². The molecule has 0 radical (unpaired) electrons. The lowest BCUT2D eigenvalue weighted by Gasteiger charge is -2.34. The van der Waals surface area contributed by atoms with E-state index in [1.54, 1.807) is 0 Å². The second-order valence-corrected chi connectivity index (χ2v) is 8.75. The molecule has 0 spiro atoms. The molecule has 148 valence electrons. The van der Waals surface area contributed by atoms with E-state index < -0.39 is 16.0 Å². The van der Waals surface area contributed by atoms with Crippen LogP contribution in [0.3, 0.4) is 0 Å². The van der Waals surface area contributed by atoms with Crippen molar-refractivity contribution in [2.24, 2.45) is 0 Å². The smallest absolute Gasteiger partial charge is 0.339 e. The third-order valence-electron chi connectivity index (χ3n) is 4.15. The summed E-state index contributed by atoms with van der Waals surface area (Å²) >= 11 is 9.45. The second-order valence-electron chi connectivity index (χ2n) is 5.80. The Bertz CT molecular complexity index is 1070. The molecule has 0 aliphatic carbocycles. The Morgan fingerprint density at radius 2 is 1.93 bits per heavy atom. The van der Waals surface area contributed by atoms with Gasteiger partial charge >= 0.3 is 5.97 Å².